The monoisotopic (exact) mass is 339 g/mol. The zero-order valence-electron chi connectivity index (χ0n) is 6.72. The van der Waals surface area contributed by atoms with Gasteiger partial charge >= 0.3 is 0 Å². The van der Waals surface area contributed by atoms with E-state index in [0.717, 1.165) is 6.07 Å². The van der Waals surface area contributed by atoms with Gasteiger partial charge < -0.3 is 0 Å². The topological polar surface area (TPSA) is 47.0 Å². The van der Waals surface area contributed by atoms with E-state index in [9.17, 15) is 17.2 Å². The highest BCUT2D eigenvalue weighted by atomic mass is 79.9. The lowest BCUT2D eigenvalue weighted by molar-refractivity contribution is 0.147. The van der Waals surface area contributed by atoms with Gasteiger partial charge in [0.05, 0.1) is 0 Å². The van der Waals surface area contributed by atoms with Crippen molar-refractivity contribution in [2.45, 2.75) is 11.3 Å². The molecule has 1 heterocycles. The van der Waals surface area contributed by atoms with Gasteiger partial charge in [0.1, 0.15) is 9.50 Å². The van der Waals surface area contributed by atoms with Crippen LogP contribution in [0.3, 0.4) is 0 Å². The lowest BCUT2D eigenvalue weighted by atomic mass is 10.3. The van der Waals surface area contributed by atoms with Crippen molar-refractivity contribution in [2.75, 3.05) is 0 Å². The summed E-state index contributed by atoms with van der Waals surface area (Å²) in [6, 6.07) is 0.853. The summed E-state index contributed by atoms with van der Waals surface area (Å²) in [6.07, 6.45) is -3.01. The lowest BCUT2D eigenvalue weighted by Gasteiger charge is -2.07. The van der Waals surface area contributed by atoms with Crippen molar-refractivity contribution in [1.29, 1.82) is 0 Å². The van der Waals surface area contributed by atoms with E-state index in [1.807, 2.05) is 0 Å². The van der Waals surface area contributed by atoms with Gasteiger partial charge in [-0.15, -0.1) is 0 Å². The van der Waals surface area contributed by atoms with E-state index in [4.69, 9.17) is 22.3 Å². The first kappa shape index (κ1) is 13.1. The molecule has 0 unspecified atom stereocenters. The summed E-state index contributed by atoms with van der Waals surface area (Å²) in [5.41, 5.74) is -0.781. The van der Waals surface area contributed by atoms with Gasteiger partial charge in [0.2, 0.25) is 0 Å². The van der Waals surface area contributed by atoms with E-state index in [1.54, 1.807) is 0 Å². The number of alkyl halides is 2. The maximum Gasteiger partial charge on any atom is 0.265 e. The summed E-state index contributed by atoms with van der Waals surface area (Å²) in [5, 5.41) is -0.588. The Labute approximate surface area is 102 Å². The van der Waals surface area contributed by atoms with Crippen molar-refractivity contribution in [1.82, 2.24) is 4.98 Å². The molecule has 15 heavy (non-hydrogen) atoms. The van der Waals surface area contributed by atoms with Crippen molar-refractivity contribution < 1.29 is 17.2 Å². The number of pyridine rings is 1. The Bertz CT molecular complexity index is 494. The molecule has 0 spiro atoms. The van der Waals surface area contributed by atoms with Crippen molar-refractivity contribution in [3.63, 3.8) is 0 Å². The van der Waals surface area contributed by atoms with Crippen LogP contribution >= 0.6 is 38.2 Å². The molecule has 0 bridgehead atoms. The van der Waals surface area contributed by atoms with Crippen molar-refractivity contribution in [3.8, 4) is 0 Å². The molecule has 0 saturated heterocycles. The van der Waals surface area contributed by atoms with Crippen LogP contribution in [-0.4, -0.2) is 13.4 Å². The average molecular weight is 341 g/mol. The molecule has 3 nitrogen and oxygen atoms in total. The van der Waals surface area contributed by atoms with Crippen LogP contribution in [0.15, 0.2) is 15.6 Å². The predicted octanol–water partition coefficient (Wildman–Crippen LogP) is 3.36. The second-order valence-electron chi connectivity index (χ2n) is 2.39. The van der Waals surface area contributed by atoms with Crippen LogP contribution < -0.4 is 0 Å². The molecule has 0 atom stereocenters. The van der Waals surface area contributed by atoms with Crippen LogP contribution in [0.1, 0.15) is 12.0 Å². The van der Waals surface area contributed by atoms with Gasteiger partial charge in [0.15, 0.2) is 5.15 Å². The Balaban J connectivity index is 3.62. The molecule has 9 heteroatoms. The Hall–Kier alpha value is 0.0200. The fourth-order valence-electron chi connectivity index (χ4n) is 0.893. The molecule has 0 aromatic carbocycles. The van der Waals surface area contributed by atoms with Crippen LogP contribution in [0.5, 0.6) is 0 Å². The standard InChI is InChI=1S/C6H2BrCl2F2NO2S/c7-3-1-2(6(10)11)4(5(8)12-3)15(9,13)14/h1,6H. The van der Waals surface area contributed by atoms with Gasteiger partial charge in [-0.1, -0.05) is 11.6 Å². The number of hydrogen-bond acceptors (Lipinski definition) is 3. The first-order valence-electron chi connectivity index (χ1n) is 3.32. The highest BCUT2D eigenvalue weighted by Crippen LogP contribution is 2.34. The lowest BCUT2D eigenvalue weighted by Crippen LogP contribution is -2.02. The molecule has 84 valence electrons. The van der Waals surface area contributed by atoms with Crippen LogP contribution in [0.2, 0.25) is 5.15 Å². The summed E-state index contributed by atoms with van der Waals surface area (Å²) < 4.78 is 46.9. The first-order chi connectivity index (χ1) is 6.73. The third-order valence-electron chi connectivity index (χ3n) is 1.41. The average Bonchev–Trinajstić information content (AvgIpc) is 1.99. The minimum absolute atomic E-state index is 0.00636. The van der Waals surface area contributed by atoms with E-state index in [-0.39, 0.29) is 4.60 Å². The molecule has 0 saturated carbocycles. The van der Waals surface area contributed by atoms with Gasteiger partial charge in [-0.25, -0.2) is 22.2 Å². The number of rotatable bonds is 2. The molecule has 0 aliphatic carbocycles. The first-order valence-corrected chi connectivity index (χ1v) is 6.80. The molecule has 0 amide bonds. The zero-order valence-corrected chi connectivity index (χ0v) is 10.6. The summed E-state index contributed by atoms with van der Waals surface area (Å²) in [6.45, 7) is 0. The summed E-state index contributed by atoms with van der Waals surface area (Å²) >= 11 is 8.24. The normalized spacial score (nSPS) is 12.1. The summed E-state index contributed by atoms with van der Waals surface area (Å²) in [4.78, 5) is 2.61. The Morgan fingerprint density at radius 2 is 2.00 bits per heavy atom. The molecular formula is C6H2BrCl2F2NO2S. The number of halogens is 5. The number of hydrogen-bond donors (Lipinski definition) is 0. The Kier molecular flexibility index (Phi) is 3.91. The Morgan fingerprint density at radius 3 is 2.40 bits per heavy atom. The van der Waals surface area contributed by atoms with Gasteiger partial charge in [-0.2, -0.15) is 0 Å². The number of aromatic nitrogens is 1. The van der Waals surface area contributed by atoms with Crippen molar-refractivity contribution in [3.05, 3.63) is 21.4 Å². The van der Waals surface area contributed by atoms with Crippen molar-refractivity contribution in [2.24, 2.45) is 0 Å². The molecule has 0 aliphatic heterocycles. The van der Waals surface area contributed by atoms with Gasteiger partial charge in [0, 0.05) is 16.2 Å². The maximum absolute atomic E-state index is 12.5. The SMILES string of the molecule is O=S(=O)(Cl)c1c(C(F)F)cc(Br)nc1Cl. The quantitative estimate of drug-likeness (QED) is 0.612. The van der Waals surface area contributed by atoms with Crippen molar-refractivity contribution >= 4 is 47.3 Å². The highest BCUT2D eigenvalue weighted by Gasteiger charge is 2.26. The van der Waals surface area contributed by atoms with Gasteiger partial charge in [-0.3, -0.25) is 0 Å². The zero-order chi connectivity index (χ0) is 11.8. The van der Waals surface area contributed by atoms with E-state index >= 15 is 0 Å². The third-order valence-corrected chi connectivity index (χ3v) is 3.58. The number of nitrogens with zero attached hydrogens (tertiary/aromatic N) is 1. The van der Waals surface area contributed by atoms with Crippen LogP contribution in [-0.2, 0) is 9.05 Å². The summed E-state index contributed by atoms with van der Waals surface area (Å²) in [7, 11) is 0.616. The highest BCUT2D eigenvalue weighted by molar-refractivity contribution is 9.10. The third kappa shape index (κ3) is 2.99. The van der Waals surface area contributed by atoms with E-state index < -0.39 is 31.1 Å². The van der Waals surface area contributed by atoms with Crippen LogP contribution in [0.25, 0.3) is 0 Å². The van der Waals surface area contributed by atoms with E-state index in [1.165, 1.54) is 0 Å². The fourth-order valence-corrected chi connectivity index (χ4v) is 3.21. The molecule has 0 N–H and O–H groups in total. The fraction of sp³-hybridized carbons (Fsp3) is 0.167. The van der Waals surface area contributed by atoms with Gasteiger partial charge in [-0.05, 0) is 22.0 Å². The molecule has 0 fully saturated rings. The largest absolute Gasteiger partial charge is 0.265 e. The smallest absolute Gasteiger partial charge is 0.228 e. The van der Waals surface area contributed by atoms with E-state index in [2.05, 4.69) is 20.9 Å². The second-order valence-corrected chi connectivity index (χ2v) is 6.07. The molecular weight excluding hydrogens is 339 g/mol. The minimum atomic E-state index is -4.35. The molecule has 1 aromatic rings. The molecule has 1 aromatic heterocycles. The maximum atomic E-state index is 12.5. The second kappa shape index (κ2) is 4.48. The molecule has 0 aliphatic rings. The minimum Gasteiger partial charge on any atom is -0.228 e. The summed E-state index contributed by atoms with van der Waals surface area (Å²) in [5.74, 6) is 0. The molecule has 1 rings (SSSR count). The van der Waals surface area contributed by atoms with Crippen LogP contribution in [0, 0.1) is 0 Å². The van der Waals surface area contributed by atoms with Crippen LogP contribution in [0.4, 0.5) is 8.78 Å². The van der Waals surface area contributed by atoms with E-state index in [0.29, 0.717) is 0 Å². The predicted molar refractivity (Wildman–Crippen MR) is 54.9 cm³/mol. The van der Waals surface area contributed by atoms with Gasteiger partial charge in [0.25, 0.3) is 15.5 Å². The molecule has 0 radical (unpaired) electrons. The Morgan fingerprint density at radius 1 is 1.47 bits per heavy atom.